The molecule has 0 bridgehead atoms. The van der Waals surface area contributed by atoms with E-state index in [2.05, 4.69) is 20.3 Å². The van der Waals surface area contributed by atoms with Crippen LogP contribution >= 0.6 is 0 Å². The minimum atomic E-state index is 1.12. The van der Waals surface area contributed by atoms with Crippen molar-refractivity contribution in [3.05, 3.63) is 13.3 Å². The highest BCUT2D eigenvalue weighted by Crippen LogP contribution is 2.15. The quantitative estimate of drug-likeness (QED) is 0.183. The fourth-order valence-electron chi connectivity index (χ4n) is 3.53. The molecule has 0 aromatic heterocycles. The molecule has 2 radical (unpaired) electrons. The van der Waals surface area contributed by atoms with Gasteiger partial charge in [-0.3, -0.25) is 0 Å². The van der Waals surface area contributed by atoms with Crippen molar-refractivity contribution in [3.63, 3.8) is 0 Å². The molecule has 24 heavy (non-hydrogen) atoms. The minimum Gasteiger partial charge on any atom is -0.0623 e. The van der Waals surface area contributed by atoms with Crippen LogP contribution in [-0.2, 0) is 0 Å². The first kappa shape index (κ1) is 24.0. The molecule has 0 saturated carbocycles. The van der Waals surface area contributed by atoms with Crippen LogP contribution in [0.1, 0.15) is 142 Å². The summed E-state index contributed by atoms with van der Waals surface area (Å²) in [5.74, 6) is 0. The molecule has 0 atom stereocenters. The van der Waals surface area contributed by atoms with Gasteiger partial charge in [0.05, 0.1) is 0 Å². The fraction of sp³-hybridized carbons (Fsp3) is 0.917. The van der Waals surface area contributed by atoms with Crippen molar-refractivity contribution in [3.8, 4) is 0 Å². The van der Waals surface area contributed by atoms with E-state index in [-0.39, 0.29) is 0 Å². The predicted octanol–water partition coefficient (Wildman–Crippen LogP) is 9.24. The van der Waals surface area contributed by atoms with Gasteiger partial charge in [-0.2, -0.15) is 0 Å². The summed E-state index contributed by atoms with van der Waals surface area (Å²) in [4.78, 5) is 0. The Morgan fingerprint density at radius 1 is 0.417 bits per heavy atom. The van der Waals surface area contributed by atoms with Crippen LogP contribution in [0, 0.1) is 13.3 Å². The van der Waals surface area contributed by atoms with Crippen LogP contribution in [0.3, 0.4) is 0 Å². The Bertz CT molecular complexity index is 174. The van der Waals surface area contributed by atoms with Crippen LogP contribution in [0.15, 0.2) is 0 Å². The van der Waals surface area contributed by atoms with E-state index in [1.165, 1.54) is 128 Å². The molecule has 0 nitrogen and oxygen atoms in total. The molecule has 0 unspecified atom stereocenters. The van der Waals surface area contributed by atoms with Gasteiger partial charge in [0, 0.05) is 0 Å². The van der Waals surface area contributed by atoms with Gasteiger partial charge in [0.25, 0.3) is 0 Å². The lowest BCUT2D eigenvalue weighted by Gasteiger charge is -2.04. The van der Waals surface area contributed by atoms with Crippen molar-refractivity contribution >= 4 is 0 Å². The molecule has 0 rings (SSSR count). The summed E-state index contributed by atoms with van der Waals surface area (Å²) >= 11 is 0. The highest BCUT2D eigenvalue weighted by molar-refractivity contribution is 4.56. The maximum Gasteiger partial charge on any atom is -0.0417 e. The second-order valence-electron chi connectivity index (χ2n) is 7.77. The van der Waals surface area contributed by atoms with E-state index in [9.17, 15) is 0 Å². The molecule has 0 spiro atoms. The topological polar surface area (TPSA) is 0 Å². The highest BCUT2D eigenvalue weighted by Gasteiger charge is 1.95. The molecule has 0 saturated heterocycles. The van der Waals surface area contributed by atoms with Gasteiger partial charge in [-0.1, -0.05) is 149 Å². The molecular weight excluding hydrogens is 288 g/mol. The zero-order valence-corrected chi connectivity index (χ0v) is 17.1. The third kappa shape index (κ3) is 22.0. The summed E-state index contributed by atoms with van der Waals surface area (Å²) in [5.41, 5.74) is 0. The van der Waals surface area contributed by atoms with Gasteiger partial charge in [0.1, 0.15) is 0 Å². The van der Waals surface area contributed by atoms with Crippen LogP contribution in [-0.4, -0.2) is 0 Å². The highest BCUT2D eigenvalue weighted by atomic mass is 14.0. The predicted molar refractivity (Wildman–Crippen MR) is 112 cm³/mol. The standard InChI is InChI=1S/C24H48/c1-3-5-7-9-11-13-15-17-19-21-23-24-22-20-18-16-14-12-10-8-6-4-2/h4H,1,3,5-24H2,2H3. The maximum absolute atomic E-state index is 3.90. The largest absolute Gasteiger partial charge is 0.0623 e. The van der Waals surface area contributed by atoms with E-state index in [0.29, 0.717) is 0 Å². The van der Waals surface area contributed by atoms with Crippen LogP contribution < -0.4 is 0 Å². The Morgan fingerprint density at radius 3 is 0.917 bits per heavy atom. The third-order valence-corrected chi connectivity index (χ3v) is 5.24. The van der Waals surface area contributed by atoms with E-state index < -0.39 is 0 Å². The molecule has 0 fully saturated rings. The molecule has 0 amide bonds. The average molecular weight is 337 g/mol. The van der Waals surface area contributed by atoms with Crippen molar-refractivity contribution < 1.29 is 0 Å². The van der Waals surface area contributed by atoms with Gasteiger partial charge < -0.3 is 0 Å². The summed E-state index contributed by atoms with van der Waals surface area (Å²) in [6.07, 6.45) is 32.4. The normalized spacial score (nSPS) is 11.2. The number of hydrogen-bond acceptors (Lipinski definition) is 0. The molecular formula is C24H48. The summed E-state index contributed by atoms with van der Waals surface area (Å²) in [6, 6.07) is 0. The Kier molecular flexibility index (Phi) is 23.0. The van der Waals surface area contributed by atoms with E-state index in [4.69, 9.17) is 0 Å². The monoisotopic (exact) mass is 336 g/mol. The molecule has 0 aromatic carbocycles. The zero-order valence-electron chi connectivity index (χ0n) is 17.1. The van der Waals surface area contributed by atoms with Crippen molar-refractivity contribution in [1.82, 2.24) is 0 Å². The van der Waals surface area contributed by atoms with Gasteiger partial charge in [-0.25, -0.2) is 0 Å². The molecule has 0 heterocycles. The Morgan fingerprint density at radius 2 is 0.667 bits per heavy atom. The van der Waals surface area contributed by atoms with Crippen molar-refractivity contribution in [2.24, 2.45) is 0 Å². The maximum atomic E-state index is 3.90. The summed E-state index contributed by atoms with van der Waals surface area (Å²) in [6.45, 7) is 6.08. The van der Waals surface area contributed by atoms with E-state index in [0.717, 1.165) is 6.42 Å². The summed E-state index contributed by atoms with van der Waals surface area (Å²) < 4.78 is 0. The lowest BCUT2D eigenvalue weighted by molar-refractivity contribution is 0.522. The van der Waals surface area contributed by atoms with Crippen LogP contribution in [0.4, 0.5) is 0 Å². The Hall–Kier alpha value is 0. The zero-order chi connectivity index (χ0) is 17.6. The molecule has 0 N–H and O–H groups in total. The molecule has 0 aromatic rings. The first-order chi connectivity index (χ1) is 11.9. The second-order valence-corrected chi connectivity index (χ2v) is 7.77. The van der Waals surface area contributed by atoms with Crippen molar-refractivity contribution in [2.45, 2.75) is 142 Å². The fourth-order valence-corrected chi connectivity index (χ4v) is 3.53. The Balaban J connectivity index is 2.93. The summed E-state index contributed by atoms with van der Waals surface area (Å²) in [5, 5.41) is 0. The minimum absolute atomic E-state index is 1.12. The van der Waals surface area contributed by atoms with Crippen LogP contribution in [0.2, 0.25) is 0 Å². The number of hydrogen-bond donors (Lipinski definition) is 0. The van der Waals surface area contributed by atoms with Gasteiger partial charge in [-0.05, 0) is 6.42 Å². The van der Waals surface area contributed by atoms with E-state index in [1.807, 2.05) is 0 Å². The van der Waals surface area contributed by atoms with Gasteiger partial charge in [0.15, 0.2) is 0 Å². The van der Waals surface area contributed by atoms with Crippen LogP contribution in [0.25, 0.3) is 0 Å². The number of rotatable bonds is 21. The molecule has 0 aliphatic rings. The molecule has 0 aliphatic carbocycles. The molecule has 0 aliphatic heterocycles. The van der Waals surface area contributed by atoms with Gasteiger partial charge in [-0.15, -0.1) is 0 Å². The van der Waals surface area contributed by atoms with E-state index in [1.54, 1.807) is 0 Å². The smallest absolute Gasteiger partial charge is 0.0417 e. The number of unbranched alkanes of at least 4 members (excludes halogenated alkanes) is 21. The SMILES string of the molecule is [CH2]CCCCCCCCCCCCCCCCCCCCC[CH]C. The van der Waals surface area contributed by atoms with Gasteiger partial charge >= 0.3 is 0 Å². The molecule has 144 valence electrons. The second kappa shape index (κ2) is 23.0. The van der Waals surface area contributed by atoms with Gasteiger partial charge in [0.2, 0.25) is 0 Å². The first-order valence-electron chi connectivity index (χ1n) is 11.5. The lowest BCUT2D eigenvalue weighted by atomic mass is 10.0. The summed E-state index contributed by atoms with van der Waals surface area (Å²) in [7, 11) is 0. The van der Waals surface area contributed by atoms with Crippen LogP contribution in [0.5, 0.6) is 0 Å². The van der Waals surface area contributed by atoms with E-state index >= 15 is 0 Å². The average Bonchev–Trinajstić information content (AvgIpc) is 2.60. The third-order valence-electron chi connectivity index (χ3n) is 5.24. The van der Waals surface area contributed by atoms with Crippen molar-refractivity contribution in [1.29, 1.82) is 0 Å². The first-order valence-corrected chi connectivity index (χ1v) is 11.5. The lowest BCUT2D eigenvalue weighted by Crippen LogP contribution is -1.84. The molecule has 0 heteroatoms. The Labute approximate surface area is 155 Å². The van der Waals surface area contributed by atoms with Crippen molar-refractivity contribution in [2.75, 3.05) is 0 Å².